The number of nitrogens with one attached hydrogen (secondary N) is 1. The van der Waals surface area contributed by atoms with Gasteiger partial charge in [-0.05, 0) is 40.2 Å². The number of anilines is 1. The molecule has 0 saturated carbocycles. The minimum atomic E-state index is -0.408. The molecule has 98 valence electrons. The standard InChI is InChI=1S/C13H10BrFN2O2/c1-19-12-5-3-9(7-16-12)17-13(18)10-4-2-8(15)6-11(10)14/h2-7H,1H3,(H,17,18). The van der Waals surface area contributed by atoms with Crippen LogP contribution in [0.3, 0.4) is 0 Å². The molecular formula is C13H10BrFN2O2. The van der Waals surface area contributed by atoms with Crippen LogP contribution in [0.2, 0.25) is 0 Å². The van der Waals surface area contributed by atoms with Crippen LogP contribution >= 0.6 is 15.9 Å². The molecule has 0 saturated heterocycles. The monoisotopic (exact) mass is 324 g/mol. The van der Waals surface area contributed by atoms with E-state index in [9.17, 15) is 9.18 Å². The quantitative estimate of drug-likeness (QED) is 0.942. The number of rotatable bonds is 3. The summed E-state index contributed by atoms with van der Waals surface area (Å²) in [5.74, 6) is -0.297. The van der Waals surface area contributed by atoms with Crippen molar-refractivity contribution in [3.05, 3.63) is 52.4 Å². The number of nitrogens with zero attached hydrogens (tertiary/aromatic N) is 1. The number of hydrogen-bond acceptors (Lipinski definition) is 3. The van der Waals surface area contributed by atoms with Gasteiger partial charge in [0.15, 0.2) is 0 Å². The number of carbonyl (C=O) groups excluding carboxylic acids is 1. The summed E-state index contributed by atoms with van der Waals surface area (Å²) < 4.78 is 18.2. The highest BCUT2D eigenvalue weighted by Crippen LogP contribution is 2.20. The third-order valence-corrected chi connectivity index (χ3v) is 3.04. The zero-order valence-corrected chi connectivity index (χ0v) is 11.6. The molecule has 2 rings (SSSR count). The van der Waals surface area contributed by atoms with Gasteiger partial charge in [-0.3, -0.25) is 4.79 Å². The number of hydrogen-bond donors (Lipinski definition) is 1. The zero-order chi connectivity index (χ0) is 13.8. The Morgan fingerprint density at radius 2 is 2.16 bits per heavy atom. The van der Waals surface area contributed by atoms with Crippen molar-refractivity contribution in [2.45, 2.75) is 0 Å². The van der Waals surface area contributed by atoms with E-state index in [1.807, 2.05) is 0 Å². The van der Waals surface area contributed by atoms with Gasteiger partial charge in [0.2, 0.25) is 5.88 Å². The fraction of sp³-hybridized carbons (Fsp3) is 0.0769. The summed E-state index contributed by atoms with van der Waals surface area (Å²) in [5.41, 5.74) is 0.874. The molecule has 1 N–H and O–H groups in total. The van der Waals surface area contributed by atoms with Gasteiger partial charge in [0.1, 0.15) is 5.82 Å². The van der Waals surface area contributed by atoms with E-state index in [1.165, 1.54) is 31.5 Å². The Hall–Kier alpha value is -1.95. The average Bonchev–Trinajstić information content (AvgIpc) is 2.39. The lowest BCUT2D eigenvalue weighted by Crippen LogP contribution is -2.12. The number of pyridine rings is 1. The number of amides is 1. The number of methoxy groups -OCH3 is 1. The van der Waals surface area contributed by atoms with Crippen LogP contribution in [0.1, 0.15) is 10.4 Å². The highest BCUT2D eigenvalue weighted by molar-refractivity contribution is 9.10. The van der Waals surface area contributed by atoms with E-state index in [0.717, 1.165) is 0 Å². The summed E-state index contributed by atoms with van der Waals surface area (Å²) in [6, 6.07) is 7.18. The summed E-state index contributed by atoms with van der Waals surface area (Å²) in [5, 5.41) is 2.66. The Kier molecular flexibility index (Phi) is 4.11. The third kappa shape index (κ3) is 3.29. The maximum absolute atomic E-state index is 12.9. The smallest absolute Gasteiger partial charge is 0.256 e. The summed E-state index contributed by atoms with van der Waals surface area (Å²) >= 11 is 3.15. The second-order valence-corrected chi connectivity index (χ2v) is 4.52. The van der Waals surface area contributed by atoms with E-state index in [1.54, 1.807) is 12.1 Å². The second kappa shape index (κ2) is 5.79. The number of aromatic nitrogens is 1. The highest BCUT2D eigenvalue weighted by Gasteiger charge is 2.11. The number of benzene rings is 1. The highest BCUT2D eigenvalue weighted by atomic mass is 79.9. The van der Waals surface area contributed by atoms with Gasteiger partial charge < -0.3 is 10.1 Å². The SMILES string of the molecule is COc1ccc(NC(=O)c2ccc(F)cc2Br)cn1. The van der Waals surface area contributed by atoms with Gasteiger partial charge in [-0.2, -0.15) is 0 Å². The summed E-state index contributed by atoms with van der Waals surface area (Å²) in [6.45, 7) is 0. The predicted octanol–water partition coefficient (Wildman–Crippen LogP) is 3.24. The van der Waals surface area contributed by atoms with Gasteiger partial charge in [-0.1, -0.05) is 0 Å². The molecule has 0 aliphatic carbocycles. The van der Waals surface area contributed by atoms with Gasteiger partial charge in [0, 0.05) is 10.5 Å². The maximum atomic E-state index is 12.9. The molecule has 2 aromatic rings. The fourth-order valence-electron chi connectivity index (χ4n) is 1.45. The lowest BCUT2D eigenvalue weighted by atomic mass is 10.2. The summed E-state index contributed by atoms with van der Waals surface area (Å²) in [4.78, 5) is 15.9. The van der Waals surface area contributed by atoms with Crippen molar-refractivity contribution >= 4 is 27.5 Å². The molecule has 0 radical (unpaired) electrons. The third-order valence-electron chi connectivity index (χ3n) is 2.38. The van der Waals surface area contributed by atoms with Crippen molar-refractivity contribution in [3.63, 3.8) is 0 Å². The Balaban J connectivity index is 2.15. The van der Waals surface area contributed by atoms with Crippen LogP contribution in [0.25, 0.3) is 0 Å². The van der Waals surface area contributed by atoms with Crippen LogP contribution in [0.5, 0.6) is 5.88 Å². The predicted molar refractivity (Wildman–Crippen MR) is 72.8 cm³/mol. The van der Waals surface area contributed by atoms with Crippen LogP contribution < -0.4 is 10.1 Å². The first-order valence-corrected chi connectivity index (χ1v) is 6.16. The average molecular weight is 325 g/mol. The van der Waals surface area contributed by atoms with Crippen LogP contribution in [0.15, 0.2) is 41.0 Å². The van der Waals surface area contributed by atoms with Gasteiger partial charge in [-0.25, -0.2) is 9.37 Å². The van der Waals surface area contributed by atoms with Crippen molar-refractivity contribution in [3.8, 4) is 5.88 Å². The van der Waals surface area contributed by atoms with Crippen LogP contribution in [0.4, 0.5) is 10.1 Å². The van der Waals surface area contributed by atoms with Crippen molar-refractivity contribution < 1.29 is 13.9 Å². The molecule has 0 spiro atoms. The van der Waals surface area contributed by atoms with E-state index < -0.39 is 5.82 Å². The van der Waals surface area contributed by atoms with E-state index in [-0.39, 0.29) is 5.91 Å². The Morgan fingerprint density at radius 3 is 2.74 bits per heavy atom. The Labute approximate surface area is 117 Å². The lowest BCUT2D eigenvalue weighted by molar-refractivity contribution is 0.102. The second-order valence-electron chi connectivity index (χ2n) is 3.67. The zero-order valence-electron chi connectivity index (χ0n) is 9.98. The number of carbonyl (C=O) groups is 1. The van der Waals surface area contributed by atoms with Gasteiger partial charge >= 0.3 is 0 Å². The van der Waals surface area contributed by atoms with E-state index in [0.29, 0.717) is 21.6 Å². The normalized spacial score (nSPS) is 10.1. The molecule has 0 bridgehead atoms. The van der Waals surface area contributed by atoms with E-state index in [4.69, 9.17) is 4.74 Å². The number of ether oxygens (including phenoxy) is 1. The largest absolute Gasteiger partial charge is 0.481 e. The molecule has 0 atom stereocenters. The van der Waals surface area contributed by atoms with Crippen LogP contribution in [-0.4, -0.2) is 18.0 Å². The topological polar surface area (TPSA) is 51.2 Å². The first kappa shape index (κ1) is 13.5. The summed E-state index contributed by atoms with van der Waals surface area (Å²) in [7, 11) is 1.51. The Bertz CT molecular complexity index is 602. The first-order valence-electron chi connectivity index (χ1n) is 5.36. The lowest BCUT2D eigenvalue weighted by Gasteiger charge is -2.07. The molecule has 0 aliphatic rings. The molecule has 4 nitrogen and oxygen atoms in total. The minimum Gasteiger partial charge on any atom is -0.481 e. The maximum Gasteiger partial charge on any atom is 0.256 e. The molecule has 1 amide bonds. The van der Waals surface area contributed by atoms with E-state index in [2.05, 4.69) is 26.2 Å². The molecule has 0 aliphatic heterocycles. The molecule has 1 aromatic carbocycles. The molecule has 1 aromatic heterocycles. The van der Waals surface area contributed by atoms with Gasteiger partial charge in [0.25, 0.3) is 5.91 Å². The molecule has 0 unspecified atom stereocenters. The molecule has 19 heavy (non-hydrogen) atoms. The first-order chi connectivity index (χ1) is 9.10. The van der Waals surface area contributed by atoms with Gasteiger partial charge in [0.05, 0.1) is 24.6 Å². The molecule has 1 heterocycles. The van der Waals surface area contributed by atoms with Gasteiger partial charge in [-0.15, -0.1) is 0 Å². The van der Waals surface area contributed by atoms with Crippen molar-refractivity contribution in [2.24, 2.45) is 0 Å². The fourth-order valence-corrected chi connectivity index (χ4v) is 1.98. The molecule has 0 fully saturated rings. The number of halogens is 2. The van der Waals surface area contributed by atoms with E-state index >= 15 is 0 Å². The Morgan fingerprint density at radius 1 is 1.37 bits per heavy atom. The van der Waals surface area contributed by atoms with Crippen molar-refractivity contribution in [1.29, 1.82) is 0 Å². The van der Waals surface area contributed by atoms with Crippen molar-refractivity contribution in [1.82, 2.24) is 4.98 Å². The molecular weight excluding hydrogens is 315 g/mol. The molecule has 6 heteroatoms. The van der Waals surface area contributed by atoms with Crippen molar-refractivity contribution in [2.75, 3.05) is 12.4 Å². The van der Waals surface area contributed by atoms with Crippen LogP contribution in [0, 0.1) is 5.82 Å². The van der Waals surface area contributed by atoms with Crippen LogP contribution in [-0.2, 0) is 0 Å². The summed E-state index contributed by atoms with van der Waals surface area (Å²) in [6.07, 6.45) is 1.48. The minimum absolute atomic E-state index is 0.345.